The monoisotopic (exact) mass is 291 g/mol. The highest BCUT2D eigenvalue weighted by Crippen LogP contribution is 2.28. The molecule has 114 valence electrons. The van der Waals surface area contributed by atoms with Gasteiger partial charge in [0.2, 0.25) is 0 Å². The van der Waals surface area contributed by atoms with E-state index >= 15 is 0 Å². The van der Waals surface area contributed by atoms with Gasteiger partial charge in [0.15, 0.2) is 0 Å². The average molecular weight is 291 g/mol. The molecule has 1 saturated heterocycles. The zero-order valence-electron chi connectivity index (χ0n) is 12.3. The number of hydrogen-bond donors (Lipinski definition) is 0. The van der Waals surface area contributed by atoms with E-state index in [1.807, 2.05) is 18.2 Å². The number of esters is 1. The van der Waals surface area contributed by atoms with Crippen LogP contribution in [0.1, 0.15) is 12.0 Å². The predicted molar refractivity (Wildman–Crippen MR) is 77.4 cm³/mol. The number of carbonyl (C=O) groups is 1. The molecule has 3 rings (SSSR count). The summed E-state index contributed by atoms with van der Waals surface area (Å²) in [5.41, 5.74) is 1.28. The van der Waals surface area contributed by atoms with Crippen LogP contribution in [0.3, 0.4) is 0 Å². The lowest BCUT2D eigenvalue weighted by Crippen LogP contribution is -2.47. The lowest BCUT2D eigenvalue weighted by molar-refractivity contribution is -0.145. The van der Waals surface area contributed by atoms with Crippen LogP contribution in [0, 0.1) is 0 Å². The van der Waals surface area contributed by atoms with E-state index in [4.69, 9.17) is 14.2 Å². The van der Waals surface area contributed by atoms with Gasteiger partial charge >= 0.3 is 5.97 Å². The van der Waals surface area contributed by atoms with E-state index in [-0.39, 0.29) is 18.2 Å². The molecule has 0 N–H and O–H groups in total. The molecule has 0 bridgehead atoms. The summed E-state index contributed by atoms with van der Waals surface area (Å²) in [4.78, 5) is 13.6. The van der Waals surface area contributed by atoms with Gasteiger partial charge in [-0.25, -0.2) is 0 Å². The van der Waals surface area contributed by atoms with E-state index in [1.165, 1.54) is 12.7 Å². The fourth-order valence-electron chi connectivity index (χ4n) is 2.98. The Morgan fingerprint density at radius 3 is 3.05 bits per heavy atom. The van der Waals surface area contributed by atoms with Crippen LogP contribution < -0.4 is 4.74 Å². The lowest BCUT2D eigenvalue weighted by Gasteiger charge is -2.33. The van der Waals surface area contributed by atoms with Crippen LogP contribution in [0.4, 0.5) is 0 Å². The summed E-state index contributed by atoms with van der Waals surface area (Å²) in [5, 5.41) is 0. The number of methoxy groups -OCH3 is 1. The number of rotatable bonds is 4. The van der Waals surface area contributed by atoms with Crippen molar-refractivity contribution in [1.82, 2.24) is 4.90 Å². The first-order valence-electron chi connectivity index (χ1n) is 7.40. The van der Waals surface area contributed by atoms with Gasteiger partial charge in [0.05, 0.1) is 26.2 Å². The minimum atomic E-state index is -0.216. The second-order valence-corrected chi connectivity index (χ2v) is 5.58. The van der Waals surface area contributed by atoms with E-state index < -0.39 is 0 Å². The van der Waals surface area contributed by atoms with Gasteiger partial charge in [0, 0.05) is 26.1 Å². The molecule has 2 atom stereocenters. The molecule has 1 aromatic carbocycles. The van der Waals surface area contributed by atoms with Crippen molar-refractivity contribution in [3.63, 3.8) is 0 Å². The minimum absolute atomic E-state index is 0.0741. The number of benzene rings is 1. The van der Waals surface area contributed by atoms with Crippen molar-refractivity contribution in [3.8, 4) is 5.75 Å². The first kappa shape index (κ1) is 14.4. The number of morpholine rings is 1. The van der Waals surface area contributed by atoms with Crippen LogP contribution in [0.15, 0.2) is 24.3 Å². The summed E-state index contributed by atoms with van der Waals surface area (Å²) in [7, 11) is 1.41. The van der Waals surface area contributed by atoms with Crippen LogP contribution in [-0.2, 0) is 20.7 Å². The molecule has 2 aliphatic heterocycles. The molecule has 5 heteroatoms. The van der Waals surface area contributed by atoms with Crippen molar-refractivity contribution in [1.29, 1.82) is 0 Å². The van der Waals surface area contributed by atoms with Crippen LogP contribution >= 0.6 is 0 Å². The van der Waals surface area contributed by atoms with E-state index in [1.54, 1.807) is 0 Å². The molecular weight excluding hydrogens is 270 g/mol. The molecule has 2 aliphatic rings. The largest absolute Gasteiger partial charge is 0.488 e. The maximum Gasteiger partial charge on any atom is 0.308 e. The van der Waals surface area contributed by atoms with Gasteiger partial charge in [-0.05, 0) is 11.6 Å². The summed E-state index contributed by atoms with van der Waals surface area (Å²) in [6.07, 6.45) is 1.39. The third-order valence-electron chi connectivity index (χ3n) is 4.02. The summed E-state index contributed by atoms with van der Waals surface area (Å²) in [5.74, 6) is 0.785. The highest BCUT2D eigenvalue weighted by molar-refractivity contribution is 5.69. The standard InChI is InChI=1S/C16H21NO4/c1-19-16(18)9-13-10-17(6-7-20-13)11-14-8-12-4-2-3-5-15(12)21-14/h2-5,13-14H,6-11H2,1H3. The fraction of sp³-hybridized carbons (Fsp3) is 0.562. The van der Waals surface area contributed by atoms with Gasteiger partial charge in [0.25, 0.3) is 0 Å². The van der Waals surface area contributed by atoms with Crippen molar-refractivity contribution in [3.05, 3.63) is 29.8 Å². The van der Waals surface area contributed by atoms with Gasteiger partial charge in [-0.2, -0.15) is 0 Å². The molecule has 0 aliphatic carbocycles. The molecule has 0 aromatic heterocycles. The first-order valence-corrected chi connectivity index (χ1v) is 7.40. The predicted octanol–water partition coefficient (Wildman–Crippen LogP) is 1.25. The Hall–Kier alpha value is -1.59. The van der Waals surface area contributed by atoms with Crippen LogP contribution in [0.5, 0.6) is 5.75 Å². The van der Waals surface area contributed by atoms with E-state index in [9.17, 15) is 4.79 Å². The zero-order valence-corrected chi connectivity index (χ0v) is 12.3. The number of ether oxygens (including phenoxy) is 3. The number of hydrogen-bond acceptors (Lipinski definition) is 5. The molecular formula is C16H21NO4. The number of fused-ring (bicyclic) bond motifs is 1. The molecule has 2 heterocycles. The van der Waals surface area contributed by atoms with Gasteiger partial charge in [0.1, 0.15) is 11.9 Å². The summed E-state index contributed by atoms with van der Waals surface area (Å²) in [6, 6.07) is 8.19. The van der Waals surface area contributed by atoms with Gasteiger partial charge in [-0.1, -0.05) is 18.2 Å². The van der Waals surface area contributed by atoms with Crippen molar-refractivity contribution in [2.24, 2.45) is 0 Å². The third kappa shape index (κ3) is 3.54. The second-order valence-electron chi connectivity index (χ2n) is 5.58. The Morgan fingerprint density at radius 2 is 2.24 bits per heavy atom. The van der Waals surface area contributed by atoms with Gasteiger partial charge < -0.3 is 14.2 Å². The lowest BCUT2D eigenvalue weighted by atomic mass is 10.1. The van der Waals surface area contributed by atoms with Crippen LogP contribution in [0.25, 0.3) is 0 Å². The topological polar surface area (TPSA) is 48.0 Å². The van der Waals surface area contributed by atoms with Crippen LogP contribution in [0.2, 0.25) is 0 Å². The summed E-state index contributed by atoms with van der Waals surface area (Å²) < 4.78 is 16.3. The van der Waals surface area contributed by atoms with Crippen molar-refractivity contribution < 1.29 is 19.0 Å². The molecule has 1 fully saturated rings. The Balaban J connectivity index is 1.51. The average Bonchev–Trinajstić information content (AvgIpc) is 2.89. The molecule has 0 saturated carbocycles. The Labute approximate surface area is 124 Å². The smallest absolute Gasteiger partial charge is 0.308 e. The highest BCUT2D eigenvalue weighted by atomic mass is 16.5. The normalized spacial score (nSPS) is 25.2. The van der Waals surface area contributed by atoms with Crippen molar-refractivity contribution in [2.75, 3.05) is 33.4 Å². The van der Waals surface area contributed by atoms with E-state index in [0.717, 1.165) is 31.8 Å². The molecule has 5 nitrogen and oxygen atoms in total. The summed E-state index contributed by atoms with van der Waals surface area (Å²) in [6.45, 7) is 3.16. The molecule has 2 unspecified atom stereocenters. The number of carbonyl (C=O) groups excluding carboxylic acids is 1. The molecule has 0 radical (unpaired) electrons. The van der Waals surface area contributed by atoms with Gasteiger partial charge in [-0.3, -0.25) is 9.69 Å². The quantitative estimate of drug-likeness (QED) is 0.782. The molecule has 21 heavy (non-hydrogen) atoms. The second kappa shape index (κ2) is 6.45. The maximum absolute atomic E-state index is 11.3. The number of para-hydroxylation sites is 1. The minimum Gasteiger partial charge on any atom is -0.488 e. The van der Waals surface area contributed by atoms with E-state index in [2.05, 4.69) is 11.0 Å². The Morgan fingerprint density at radius 1 is 1.38 bits per heavy atom. The van der Waals surface area contributed by atoms with Crippen molar-refractivity contribution in [2.45, 2.75) is 25.0 Å². The summed E-state index contributed by atoms with van der Waals surface area (Å²) >= 11 is 0. The number of nitrogens with zero attached hydrogens (tertiary/aromatic N) is 1. The highest BCUT2D eigenvalue weighted by Gasteiger charge is 2.28. The van der Waals surface area contributed by atoms with Crippen LogP contribution in [-0.4, -0.2) is 56.4 Å². The first-order chi connectivity index (χ1) is 10.2. The Kier molecular flexibility index (Phi) is 4.41. The van der Waals surface area contributed by atoms with Crippen molar-refractivity contribution >= 4 is 5.97 Å². The zero-order chi connectivity index (χ0) is 14.7. The van der Waals surface area contributed by atoms with Gasteiger partial charge in [-0.15, -0.1) is 0 Å². The van der Waals surface area contributed by atoms with E-state index in [0.29, 0.717) is 13.0 Å². The SMILES string of the molecule is COC(=O)CC1CN(CC2Cc3ccccc3O2)CCO1. The Bertz CT molecular complexity index is 480. The molecule has 0 spiro atoms. The third-order valence-corrected chi connectivity index (χ3v) is 4.02. The molecule has 1 aromatic rings. The molecule has 0 amide bonds. The fourth-order valence-corrected chi connectivity index (χ4v) is 2.98. The maximum atomic E-state index is 11.3.